The molecule has 1 heterocycles. The summed E-state index contributed by atoms with van der Waals surface area (Å²) in [6.45, 7) is 2.03. The molecule has 1 unspecified atom stereocenters. The maximum atomic E-state index is 11.4. The van der Waals surface area contributed by atoms with Crippen LogP contribution >= 0.6 is 0 Å². The van der Waals surface area contributed by atoms with Crippen LogP contribution in [0.2, 0.25) is 0 Å². The van der Waals surface area contributed by atoms with Crippen molar-refractivity contribution in [2.45, 2.75) is 109 Å². The van der Waals surface area contributed by atoms with E-state index in [1.807, 2.05) is 0 Å². The third-order valence-electron chi connectivity index (χ3n) is 5.21. The van der Waals surface area contributed by atoms with Gasteiger partial charge in [-0.25, -0.2) is 4.79 Å². The lowest BCUT2D eigenvalue weighted by atomic mass is 10.0. The molecule has 1 aliphatic rings. The number of rotatable bonds is 18. The van der Waals surface area contributed by atoms with Gasteiger partial charge in [-0.15, -0.1) is 0 Å². The number of esters is 1. The number of ether oxygens (including phenoxy) is 2. The molecule has 0 saturated heterocycles. The highest BCUT2D eigenvalue weighted by molar-refractivity contribution is 5.89. The minimum Gasteiger partial charge on any atom is -0.499 e. The van der Waals surface area contributed by atoms with Crippen molar-refractivity contribution in [2.24, 2.45) is 0 Å². The first kappa shape index (κ1) is 24.8. The SMILES string of the molecule is CCCCCCCCCCCCCCCCOC1=C(O)C(=O)O[C@@H]1C(O)CO. The lowest BCUT2D eigenvalue weighted by Gasteiger charge is -2.18. The molecule has 0 spiro atoms. The molecular formula is C22H40O6. The largest absolute Gasteiger partial charge is 0.499 e. The van der Waals surface area contributed by atoms with Crippen LogP contribution in [0.15, 0.2) is 11.5 Å². The summed E-state index contributed by atoms with van der Waals surface area (Å²) >= 11 is 0. The van der Waals surface area contributed by atoms with Crippen molar-refractivity contribution in [3.8, 4) is 0 Å². The quantitative estimate of drug-likeness (QED) is 0.231. The normalized spacial score (nSPS) is 17.8. The Morgan fingerprint density at radius 3 is 1.82 bits per heavy atom. The molecule has 0 saturated carbocycles. The molecule has 28 heavy (non-hydrogen) atoms. The summed E-state index contributed by atoms with van der Waals surface area (Å²) < 4.78 is 10.3. The van der Waals surface area contributed by atoms with Gasteiger partial charge in [0.15, 0.2) is 11.9 Å². The first-order valence-electron chi connectivity index (χ1n) is 11.2. The highest BCUT2D eigenvalue weighted by Crippen LogP contribution is 2.25. The average Bonchev–Trinajstić information content (AvgIpc) is 2.98. The van der Waals surface area contributed by atoms with Gasteiger partial charge in [-0.05, 0) is 6.42 Å². The highest BCUT2D eigenvalue weighted by Gasteiger charge is 2.40. The van der Waals surface area contributed by atoms with Gasteiger partial charge in [0.25, 0.3) is 0 Å². The molecule has 0 amide bonds. The minimum absolute atomic E-state index is 0.0683. The topological polar surface area (TPSA) is 96.2 Å². The number of hydrogen-bond donors (Lipinski definition) is 3. The maximum absolute atomic E-state index is 11.4. The van der Waals surface area contributed by atoms with Crippen molar-refractivity contribution in [1.82, 2.24) is 0 Å². The molecule has 1 rings (SSSR count). The zero-order valence-corrected chi connectivity index (χ0v) is 17.5. The van der Waals surface area contributed by atoms with E-state index in [1.54, 1.807) is 0 Å². The van der Waals surface area contributed by atoms with E-state index in [2.05, 4.69) is 6.92 Å². The molecule has 2 atom stereocenters. The monoisotopic (exact) mass is 400 g/mol. The lowest BCUT2D eigenvalue weighted by molar-refractivity contribution is -0.148. The number of unbranched alkanes of at least 4 members (excludes halogenated alkanes) is 13. The fourth-order valence-corrected chi connectivity index (χ4v) is 3.44. The standard InChI is InChI=1S/C22H40O6/c1-2-3-4-5-6-7-8-9-10-11-12-13-14-15-16-27-21-19(25)22(26)28-20(21)18(24)17-23/h18,20,23-25H,2-17H2,1H3/t18?,20-/m1/s1. The van der Waals surface area contributed by atoms with Gasteiger partial charge < -0.3 is 24.8 Å². The van der Waals surface area contributed by atoms with Crippen LogP contribution in [0.4, 0.5) is 0 Å². The molecule has 1 aliphatic heterocycles. The van der Waals surface area contributed by atoms with Gasteiger partial charge in [0, 0.05) is 0 Å². The Kier molecular flexibility index (Phi) is 13.8. The Morgan fingerprint density at radius 2 is 1.36 bits per heavy atom. The highest BCUT2D eigenvalue weighted by atomic mass is 16.6. The number of aliphatic hydroxyl groups excluding tert-OH is 3. The zero-order valence-electron chi connectivity index (χ0n) is 17.5. The van der Waals surface area contributed by atoms with Gasteiger partial charge in [0.2, 0.25) is 5.76 Å². The summed E-state index contributed by atoms with van der Waals surface area (Å²) in [5.74, 6) is -1.60. The average molecular weight is 401 g/mol. The molecule has 0 aromatic rings. The van der Waals surface area contributed by atoms with Crippen molar-refractivity contribution in [2.75, 3.05) is 13.2 Å². The van der Waals surface area contributed by atoms with Crippen LogP contribution in [0.3, 0.4) is 0 Å². The smallest absolute Gasteiger partial charge is 0.378 e. The fourth-order valence-electron chi connectivity index (χ4n) is 3.44. The molecular weight excluding hydrogens is 360 g/mol. The van der Waals surface area contributed by atoms with Crippen LogP contribution in [-0.4, -0.2) is 46.7 Å². The van der Waals surface area contributed by atoms with Crippen LogP contribution < -0.4 is 0 Å². The Hall–Kier alpha value is -1.27. The zero-order chi connectivity index (χ0) is 20.6. The van der Waals surface area contributed by atoms with Crippen LogP contribution in [0.5, 0.6) is 0 Å². The number of hydrogen-bond acceptors (Lipinski definition) is 6. The minimum atomic E-state index is -1.29. The van der Waals surface area contributed by atoms with Crippen molar-refractivity contribution >= 4 is 5.97 Å². The third-order valence-corrected chi connectivity index (χ3v) is 5.21. The second-order valence-electron chi connectivity index (χ2n) is 7.73. The molecule has 6 nitrogen and oxygen atoms in total. The van der Waals surface area contributed by atoms with Crippen LogP contribution in [0.25, 0.3) is 0 Å². The van der Waals surface area contributed by atoms with E-state index in [9.17, 15) is 15.0 Å². The second kappa shape index (κ2) is 15.6. The van der Waals surface area contributed by atoms with Gasteiger partial charge >= 0.3 is 5.97 Å². The lowest BCUT2D eigenvalue weighted by Crippen LogP contribution is -2.32. The Morgan fingerprint density at radius 1 is 0.893 bits per heavy atom. The van der Waals surface area contributed by atoms with E-state index in [0.717, 1.165) is 19.3 Å². The van der Waals surface area contributed by atoms with Gasteiger partial charge in [0.1, 0.15) is 6.10 Å². The number of carbonyl (C=O) groups excluding carboxylic acids is 1. The van der Waals surface area contributed by atoms with E-state index in [-0.39, 0.29) is 5.76 Å². The molecule has 3 N–H and O–H groups in total. The second-order valence-corrected chi connectivity index (χ2v) is 7.73. The van der Waals surface area contributed by atoms with E-state index >= 15 is 0 Å². The summed E-state index contributed by atoms with van der Waals surface area (Å²) in [6, 6.07) is 0. The molecule has 0 aliphatic carbocycles. The van der Waals surface area contributed by atoms with Crippen LogP contribution in [0, 0.1) is 0 Å². The molecule has 0 aromatic heterocycles. The Bertz CT molecular complexity index is 448. The molecule has 164 valence electrons. The first-order valence-corrected chi connectivity index (χ1v) is 11.2. The molecule has 6 heteroatoms. The molecule has 0 radical (unpaired) electrons. The fraction of sp³-hybridized carbons (Fsp3) is 0.864. The summed E-state index contributed by atoms with van der Waals surface area (Å²) in [5.41, 5.74) is 0. The summed E-state index contributed by atoms with van der Waals surface area (Å²) in [4.78, 5) is 11.4. The predicted molar refractivity (Wildman–Crippen MR) is 109 cm³/mol. The van der Waals surface area contributed by atoms with Crippen molar-refractivity contribution in [3.05, 3.63) is 11.5 Å². The van der Waals surface area contributed by atoms with Gasteiger partial charge in [-0.1, -0.05) is 90.4 Å². The number of aliphatic hydroxyl groups is 3. The van der Waals surface area contributed by atoms with Gasteiger partial charge in [-0.3, -0.25) is 0 Å². The summed E-state index contributed by atoms with van der Waals surface area (Å²) in [6.07, 6.45) is 15.3. The summed E-state index contributed by atoms with van der Waals surface area (Å²) in [5, 5.41) is 28.3. The van der Waals surface area contributed by atoms with Crippen molar-refractivity contribution in [1.29, 1.82) is 0 Å². The van der Waals surface area contributed by atoms with Gasteiger partial charge in [0.05, 0.1) is 13.2 Å². The van der Waals surface area contributed by atoms with Crippen LogP contribution in [0.1, 0.15) is 96.8 Å². The van der Waals surface area contributed by atoms with Crippen LogP contribution in [-0.2, 0) is 14.3 Å². The van der Waals surface area contributed by atoms with E-state index in [4.69, 9.17) is 14.6 Å². The molecule has 0 bridgehead atoms. The third kappa shape index (κ3) is 9.78. The maximum Gasteiger partial charge on any atom is 0.378 e. The van der Waals surface area contributed by atoms with E-state index in [1.165, 1.54) is 70.6 Å². The van der Waals surface area contributed by atoms with Crippen molar-refractivity contribution in [3.63, 3.8) is 0 Å². The van der Waals surface area contributed by atoms with E-state index < -0.39 is 30.5 Å². The molecule has 0 aromatic carbocycles. The Labute approximate surface area is 169 Å². The molecule has 0 fully saturated rings. The van der Waals surface area contributed by atoms with Gasteiger partial charge in [-0.2, -0.15) is 0 Å². The Balaban J connectivity index is 1.96. The summed E-state index contributed by atoms with van der Waals surface area (Å²) in [7, 11) is 0. The predicted octanol–water partition coefficient (Wildman–Crippen LogP) is 4.53. The first-order chi connectivity index (χ1) is 13.6. The van der Waals surface area contributed by atoms with Crippen molar-refractivity contribution < 1.29 is 29.6 Å². The van der Waals surface area contributed by atoms with E-state index in [0.29, 0.717) is 6.61 Å². The number of cyclic esters (lactones) is 1. The number of carbonyl (C=O) groups is 1.